The Morgan fingerprint density at radius 2 is 2.18 bits per heavy atom. The van der Waals surface area contributed by atoms with Crippen molar-refractivity contribution in [1.82, 2.24) is 0 Å². The minimum atomic E-state index is -0.667. The van der Waals surface area contributed by atoms with Crippen molar-refractivity contribution in [3.05, 3.63) is 28.7 Å². The topological polar surface area (TPSA) is 85.2 Å². The predicted octanol–water partition coefficient (Wildman–Crippen LogP) is 1.98. The van der Waals surface area contributed by atoms with E-state index in [4.69, 9.17) is 9.47 Å². The van der Waals surface area contributed by atoms with Gasteiger partial charge in [-0.2, -0.15) is 0 Å². The molecule has 0 aliphatic rings. The fourth-order valence-corrected chi connectivity index (χ4v) is 1.16. The number of phenolic OH excluding ortho intramolecular Hbond substituents is 1. The third kappa shape index (κ3) is 3.84. The summed E-state index contributed by atoms with van der Waals surface area (Å²) < 4.78 is 9.84. The molecule has 1 rings (SSSR count). The Bertz CT molecular complexity index is 405. The van der Waals surface area contributed by atoms with Gasteiger partial charge in [0.1, 0.15) is 23.6 Å². The number of carbonyl (C=O) groups is 1. The molecule has 0 aliphatic heterocycles. The van der Waals surface area contributed by atoms with E-state index in [-0.39, 0.29) is 23.6 Å². The van der Waals surface area contributed by atoms with Gasteiger partial charge in [0.05, 0.1) is 6.61 Å². The van der Waals surface area contributed by atoms with Gasteiger partial charge in [-0.25, -0.2) is 4.79 Å². The molecule has 17 heavy (non-hydrogen) atoms. The summed E-state index contributed by atoms with van der Waals surface area (Å²) in [5.74, 6) is -0.997. The predicted molar refractivity (Wildman–Crippen MR) is 60.3 cm³/mol. The Labute approximate surface area is 98.1 Å². The number of hydrogen-bond acceptors (Lipinski definition) is 6. The van der Waals surface area contributed by atoms with Crippen molar-refractivity contribution in [3.63, 3.8) is 0 Å². The Morgan fingerprint density at radius 3 is 2.76 bits per heavy atom. The highest BCUT2D eigenvalue weighted by Gasteiger charge is 2.13. The van der Waals surface area contributed by atoms with E-state index in [1.54, 1.807) is 0 Å². The van der Waals surface area contributed by atoms with Gasteiger partial charge in [0.25, 0.3) is 0 Å². The molecule has 0 aliphatic carbocycles. The number of aromatic hydroxyl groups is 1. The van der Waals surface area contributed by atoms with Crippen LogP contribution in [0.25, 0.3) is 0 Å². The van der Waals surface area contributed by atoms with Crippen molar-refractivity contribution in [1.29, 1.82) is 0 Å². The van der Waals surface area contributed by atoms with Gasteiger partial charge in [-0.05, 0) is 24.2 Å². The molecule has 1 aromatic rings. The van der Waals surface area contributed by atoms with E-state index < -0.39 is 5.97 Å². The number of ether oxygens (including phenoxy) is 2. The molecular weight excluding hydrogens is 226 g/mol. The number of esters is 1. The molecule has 0 fully saturated rings. The summed E-state index contributed by atoms with van der Waals surface area (Å²) in [6.07, 6.45) is 0. The lowest BCUT2D eigenvalue weighted by Gasteiger charge is -2.06. The maximum Gasteiger partial charge on any atom is 0.341 e. The molecule has 6 nitrogen and oxygen atoms in total. The molecule has 1 aromatic carbocycles. The molecule has 0 amide bonds. The van der Waals surface area contributed by atoms with E-state index in [1.807, 2.05) is 6.92 Å². The molecule has 0 bridgehead atoms. The van der Waals surface area contributed by atoms with Crippen LogP contribution in [-0.4, -0.2) is 30.9 Å². The van der Waals surface area contributed by atoms with Crippen molar-refractivity contribution < 1.29 is 19.4 Å². The van der Waals surface area contributed by atoms with Crippen molar-refractivity contribution in [3.8, 4) is 5.75 Å². The summed E-state index contributed by atoms with van der Waals surface area (Å²) in [5.41, 5.74) is 0.0438. The molecule has 0 unspecified atom stereocenters. The van der Waals surface area contributed by atoms with Gasteiger partial charge < -0.3 is 14.6 Å². The lowest BCUT2D eigenvalue weighted by molar-refractivity contribution is 0.0332. The summed E-state index contributed by atoms with van der Waals surface area (Å²) in [4.78, 5) is 21.7. The van der Waals surface area contributed by atoms with Crippen LogP contribution in [-0.2, 0) is 9.47 Å². The molecule has 0 saturated carbocycles. The van der Waals surface area contributed by atoms with Crippen LogP contribution in [0, 0.1) is 4.91 Å². The fourth-order valence-electron chi connectivity index (χ4n) is 1.16. The molecule has 0 saturated heterocycles. The number of nitrogens with zero attached hydrogens (tertiary/aromatic N) is 1. The third-order valence-electron chi connectivity index (χ3n) is 1.97. The lowest BCUT2D eigenvalue weighted by Crippen LogP contribution is -2.10. The third-order valence-corrected chi connectivity index (χ3v) is 1.97. The summed E-state index contributed by atoms with van der Waals surface area (Å²) in [6, 6.07) is 3.72. The second-order valence-corrected chi connectivity index (χ2v) is 3.13. The first-order valence-electron chi connectivity index (χ1n) is 5.10. The Balaban J connectivity index is 2.59. The number of rotatable bonds is 6. The maximum absolute atomic E-state index is 11.5. The van der Waals surface area contributed by atoms with Gasteiger partial charge in [0.2, 0.25) is 0 Å². The summed E-state index contributed by atoms with van der Waals surface area (Å²) in [5, 5.41) is 12.1. The summed E-state index contributed by atoms with van der Waals surface area (Å²) in [6.45, 7) is 2.79. The highest BCUT2D eigenvalue weighted by molar-refractivity contribution is 5.92. The second-order valence-electron chi connectivity index (χ2n) is 3.13. The molecule has 0 spiro atoms. The molecule has 0 aromatic heterocycles. The largest absolute Gasteiger partial charge is 0.507 e. The van der Waals surface area contributed by atoms with E-state index in [2.05, 4.69) is 5.18 Å². The van der Waals surface area contributed by atoms with E-state index in [9.17, 15) is 14.8 Å². The SMILES string of the molecule is CCOCCOC(=O)c1ccc(N=O)cc1O. The Hall–Kier alpha value is -1.95. The molecular formula is C11H13NO5. The van der Waals surface area contributed by atoms with Crippen molar-refractivity contribution in [2.75, 3.05) is 19.8 Å². The molecule has 6 heteroatoms. The van der Waals surface area contributed by atoms with Crippen molar-refractivity contribution >= 4 is 11.7 Å². The highest BCUT2D eigenvalue weighted by atomic mass is 16.6. The second kappa shape index (κ2) is 6.59. The number of phenols is 1. The number of hydrogen-bond donors (Lipinski definition) is 1. The fraction of sp³-hybridized carbons (Fsp3) is 0.364. The smallest absolute Gasteiger partial charge is 0.341 e. The average molecular weight is 239 g/mol. The minimum absolute atomic E-state index is 0.00565. The maximum atomic E-state index is 11.5. The molecule has 0 atom stereocenters. The summed E-state index contributed by atoms with van der Waals surface area (Å²) >= 11 is 0. The highest BCUT2D eigenvalue weighted by Crippen LogP contribution is 2.24. The zero-order valence-corrected chi connectivity index (χ0v) is 9.38. The van der Waals surface area contributed by atoms with E-state index in [1.165, 1.54) is 12.1 Å². The van der Waals surface area contributed by atoms with E-state index >= 15 is 0 Å². The quantitative estimate of drug-likeness (QED) is 0.466. The van der Waals surface area contributed by atoms with Gasteiger partial charge >= 0.3 is 5.97 Å². The van der Waals surface area contributed by atoms with Gasteiger partial charge in [-0.15, -0.1) is 4.91 Å². The number of carbonyl (C=O) groups excluding carboxylic acids is 1. The van der Waals surface area contributed by atoms with Crippen LogP contribution in [0.15, 0.2) is 23.4 Å². The standard InChI is InChI=1S/C11H13NO5/c1-2-16-5-6-17-11(14)9-4-3-8(12-15)7-10(9)13/h3-4,7,13H,2,5-6H2,1H3. The monoisotopic (exact) mass is 239 g/mol. The van der Waals surface area contributed by atoms with Crippen LogP contribution < -0.4 is 0 Å². The average Bonchev–Trinajstić information content (AvgIpc) is 2.34. The first kappa shape index (κ1) is 13.1. The molecule has 1 N–H and O–H groups in total. The molecule has 92 valence electrons. The summed E-state index contributed by atoms with van der Waals surface area (Å²) in [7, 11) is 0. The molecule has 0 radical (unpaired) electrons. The van der Waals surface area contributed by atoms with Crippen LogP contribution in [0.3, 0.4) is 0 Å². The van der Waals surface area contributed by atoms with Gasteiger partial charge in [-0.3, -0.25) is 0 Å². The van der Waals surface area contributed by atoms with Gasteiger partial charge in [0.15, 0.2) is 0 Å². The van der Waals surface area contributed by atoms with Crippen LogP contribution in [0.5, 0.6) is 5.75 Å². The van der Waals surface area contributed by atoms with E-state index in [0.29, 0.717) is 13.2 Å². The van der Waals surface area contributed by atoms with Gasteiger partial charge in [0, 0.05) is 12.7 Å². The number of benzene rings is 1. The Morgan fingerprint density at radius 1 is 1.41 bits per heavy atom. The van der Waals surface area contributed by atoms with Crippen LogP contribution in [0.1, 0.15) is 17.3 Å². The van der Waals surface area contributed by atoms with Crippen molar-refractivity contribution in [2.24, 2.45) is 5.18 Å². The van der Waals surface area contributed by atoms with Gasteiger partial charge in [-0.1, -0.05) is 0 Å². The minimum Gasteiger partial charge on any atom is -0.507 e. The Kier molecular flexibility index (Phi) is 5.09. The lowest BCUT2D eigenvalue weighted by atomic mass is 10.2. The number of nitroso groups, excluding NO2 is 1. The zero-order valence-electron chi connectivity index (χ0n) is 9.38. The van der Waals surface area contributed by atoms with Crippen LogP contribution >= 0.6 is 0 Å². The van der Waals surface area contributed by atoms with E-state index in [0.717, 1.165) is 6.07 Å². The first-order valence-corrected chi connectivity index (χ1v) is 5.10. The normalized spacial score (nSPS) is 9.94. The molecule has 0 heterocycles. The van der Waals surface area contributed by atoms with Crippen LogP contribution in [0.4, 0.5) is 5.69 Å². The van der Waals surface area contributed by atoms with Crippen molar-refractivity contribution in [2.45, 2.75) is 6.92 Å². The zero-order chi connectivity index (χ0) is 12.7. The first-order chi connectivity index (χ1) is 8.19. The van der Waals surface area contributed by atoms with Crippen LogP contribution in [0.2, 0.25) is 0 Å².